The Bertz CT molecular complexity index is 1170. The first-order valence-corrected chi connectivity index (χ1v) is 12.6. The zero-order valence-corrected chi connectivity index (χ0v) is 20.7. The largest absolute Gasteiger partial charge is 0.373 e. The van der Waals surface area contributed by atoms with Gasteiger partial charge in [-0.1, -0.05) is 35.9 Å². The number of alkyl halides is 2. The van der Waals surface area contributed by atoms with Gasteiger partial charge in [-0.25, -0.2) is 22.5 Å². The van der Waals surface area contributed by atoms with E-state index >= 15 is 0 Å². The third-order valence-electron chi connectivity index (χ3n) is 6.13. The molecular formula is C25H24ClF4N3O2S. The Kier molecular flexibility index (Phi) is 8.95. The number of carbonyl (C=O) groups excluding carboxylic acids is 1. The Morgan fingerprint density at radius 1 is 1.14 bits per heavy atom. The minimum absolute atomic E-state index is 0.0356. The summed E-state index contributed by atoms with van der Waals surface area (Å²) < 4.78 is 61.2. The van der Waals surface area contributed by atoms with Gasteiger partial charge in [-0.2, -0.15) is 0 Å². The van der Waals surface area contributed by atoms with Crippen LogP contribution in [0.15, 0.2) is 48.0 Å². The summed E-state index contributed by atoms with van der Waals surface area (Å²) >= 11 is 7.08. The van der Waals surface area contributed by atoms with Gasteiger partial charge in [0.1, 0.15) is 17.3 Å². The Balaban J connectivity index is 1.44. The maximum atomic E-state index is 14.2. The number of nitrogens with one attached hydrogen (secondary N) is 1. The van der Waals surface area contributed by atoms with Gasteiger partial charge in [-0.15, -0.1) is 11.3 Å². The molecule has 36 heavy (non-hydrogen) atoms. The second-order valence-corrected chi connectivity index (χ2v) is 9.66. The molecule has 1 saturated heterocycles. The maximum absolute atomic E-state index is 14.2. The maximum Gasteiger partial charge on any atom is 0.281 e. The van der Waals surface area contributed by atoms with Crippen molar-refractivity contribution in [2.75, 3.05) is 19.6 Å². The van der Waals surface area contributed by atoms with E-state index < -0.39 is 24.2 Å². The van der Waals surface area contributed by atoms with Crippen molar-refractivity contribution in [2.24, 2.45) is 0 Å². The summed E-state index contributed by atoms with van der Waals surface area (Å²) in [5, 5.41) is 2.61. The van der Waals surface area contributed by atoms with Gasteiger partial charge in [0.25, 0.3) is 12.3 Å². The molecule has 3 aromatic rings. The van der Waals surface area contributed by atoms with Gasteiger partial charge in [0.2, 0.25) is 0 Å². The summed E-state index contributed by atoms with van der Waals surface area (Å²) in [5.41, 5.74) is 1.19. The average molecular weight is 542 g/mol. The van der Waals surface area contributed by atoms with E-state index in [0.717, 1.165) is 17.4 Å². The first-order chi connectivity index (χ1) is 17.3. The summed E-state index contributed by atoms with van der Waals surface area (Å²) in [5.74, 6) is -1.82. The molecule has 1 aliphatic rings. The number of aromatic nitrogens is 1. The predicted octanol–water partition coefficient (Wildman–Crippen LogP) is 6.16. The second-order valence-electron chi connectivity index (χ2n) is 8.36. The van der Waals surface area contributed by atoms with Gasteiger partial charge in [0.15, 0.2) is 0 Å². The van der Waals surface area contributed by atoms with Gasteiger partial charge in [0.05, 0.1) is 39.7 Å². The molecule has 2 aromatic carbocycles. The molecule has 0 saturated carbocycles. The van der Waals surface area contributed by atoms with Gasteiger partial charge in [0, 0.05) is 25.2 Å². The molecule has 192 valence electrons. The van der Waals surface area contributed by atoms with E-state index in [0.29, 0.717) is 36.4 Å². The van der Waals surface area contributed by atoms with Crippen molar-refractivity contribution in [1.29, 1.82) is 0 Å². The van der Waals surface area contributed by atoms with Crippen LogP contribution in [-0.2, 0) is 11.3 Å². The van der Waals surface area contributed by atoms with Crippen LogP contribution >= 0.6 is 22.9 Å². The number of nitrogens with zero attached hydrogens (tertiary/aromatic N) is 2. The second kappa shape index (κ2) is 12.1. The number of benzene rings is 2. The van der Waals surface area contributed by atoms with Gasteiger partial charge < -0.3 is 10.1 Å². The number of likely N-dealkylation sites (tertiary alicyclic amines) is 1. The van der Waals surface area contributed by atoms with Crippen molar-refractivity contribution >= 4 is 28.8 Å². The highest BCUT2D eigenvalue weighted by atomic mass is 35.5. The third-order valence-corrected chi connectivity index (χ3v) is 7.39. The average Bonchev–Trinajstić information content (AvgIpc) is 3.34. The van der Waals surface area contributed by atoms with Crippen LogP contribution in [-0.4, -0.2) is 41.5 Å². The molecule has 1 aliphatic heterocycles. The monoisotopic (exact) mass is 541 g/mol. The van der Waals surface area contributed by atoms with Crippen LogP contribution in [0.5, 0.6) is 0 Å². The van der Waals surface area contributed by atoms with E-state index in [-0.39, 0.29) is 41.4 Å². The number of halogens is 5. The molecule has 0 spiro atoms. The van der Waals surface area contributed by atoms with Gasteiger partial charge >= 0.3 is 0 Å². The molecule has 4 rings (SSSR count). The third kappa shape index (κ3) is 6.23. The molecule has 0 radical (unpaired) electrons. The van der Waals surface area contributed by atoms with Crippen molar-refractivity contribution in [1.82, 2.24) is 15.2 Å². The summed E-state index contributed by atoms with van der Waals surface area (Å²) in [6.07, 6.45) is -1.70. The fourth-order valence-electron chi connectivity index (χ4n) is 4.23. The lowest BCUT2D eigenvalue weighted by atomic mass is 10.0. The molecule has 1 unspecified atom stereocenters. The van der Waals surface area contributed by atoms with E-state index in [1.165, 1.54) is 23.7 Å². The van der Waals surface area contributed by atoms with E-state index in [9.17, 15) is 22.4 Å². The number of hydrogen-bond donors (Lipinski definition) is 1. The van der Waals surface area contributed by atoms with Crippen LogP contribution in [0.25, 0.3) is 0 Å². The van der Waals surface area contributed by atoms with Crippen LogP contribution in [0.1, 0.15) is 51.8 Å². The standard InChI is InChI=1S/C25H24ClF4N3O2S/c26-17-5-3-7-19(28)21(17)25(34)31-12-20(23-22(24(29)30)32-14-36-23)33-10-8-16(9-11-33)35-13-15-4-1-2-6-18(15)27/h1-7,14,16,20,24H,8-13H2,(H,31,34). The highest BCUT2D eigenvalue weighted by molar-refractivity contribution is 7.09. The predicted molar refractivity (Wildman–Crippen MR) is 129 cm³/mol. The lowest BCUT2D eigenvalue weighted by Gasteiger charge is -2.37. The van der Waals surface area contributed by atoms with Crippen molar-refractivity contribution < 1.29 is 27.1 Å². The topological polar surface area (TPSA) is 54.5 Å². The minimum Gasteiger partial charge on any atom is -0.373 e. The molecule has 1 aromatic heterocycles. The van der Waals surface area contributed by atoms with E-state index in [1.807, 2.05) is 4.90 Å². The Morgan fingerprint density at radius 3 is 2.56 bits per heavy atom. The summed E-state index contributed by atoms with van der Waals surface area (Å²) in [4.78, 5) is 18.8. The van der Waals surface area contributed by atoms with Crippen molar-refractivity contribution in [3.05, 3.63) is 86.3 Å². The van der Waals surface area contributed by atoms with E-state index in [2.05, 4.69) is 10.3 Å². The normalized spacial score (nSPS) is 15.8. The smallest absolute Gasteiger partial charge is 0.281 e. The van der Waals surface area contributed by atoms with E-state index in [4.69, 9.17) is 16.3 Å². The Morgan fingerprint density at radius 2 is 1.86 bits per heavy atom. The van der Waals surface area contributed by atoms with Crippen molar-refractivity contribution in [3.8, 4) is 0 Å². The highest BCUT2D eigenvalue weighted by Crippen LogP contribution is 2.34. The van der Waals surface area contributed by atoms with Crippen molar-refractivity contribution in [3.63, 3.8) is 0 Å². The molecule has 11 heteroatoms. The van der Waals surface area contributed by atoms with E-state index in [1.54, 1.807) is 18.2 Å². The first kappa shape index (κ1) is 26.5. The Hall–Kier alpha value is -2.53. The molecule has 2 heterocycles. The quantitative estimate of drug-likeness (QED) is 0.329. The van der Waals surface area contributed by atoms with Crippen LogP contribution in [0.3, 0.4) is 0 Å². The molecule has 0 aliphatic carbocycles. The molecule has 1 N–H and O–H groups in total. The fourth-order valence-corrected chi connectivity index (χ4v) is 5.42. The lowest BCUT2D eigenvalue weighted by Crippen LogP contribution is -2.44. The highest BCUT2D eigenvalue weighted by Gasteiger charge is 2.32. The fraction of sp³-hybridized carbons (Fsp3) is 0.360. The van der Waals surface area contributed by atoms with Gasteiger partial charge in [-0.3, -0.25) is 9.69 Å². The SMILES string of the molecule is O=C(NCC(c1scnc1C(F)F)N1CCC(OCc2ccccc2F)CC1)c1c(F)cccc1Cl. The number of ether oxygens (including phenoxy) is 1. The van der Waals surface area contributed by atoms with Crippen LogP contribution < -0.4 is 5.32 Å². The number of amides is 1. The minimum atomic E-state index is -2.77. The summed E-state index contributed by atoms with van der Waals surface area (Å²) in [7, 11) is 0. The number of rotatable bonds is 9. The Labute approximate surface area is 215 Å². The molecule has 0 bridgehead atoms. The van der Waals surface area contributed by atoms with Crippen LogP contribution in [0.2, 0.25) is 5.02 Å². The summed E-state index contributed by atoms with van der Waals surface area (Å²) in [6, 6.07) is 9.73. The van der Waals surface area contributed by atoms with Crippen molar-refractivity contribution in [2.45, 2.75) is 38.0 Å². The van der Waals surface area contributed by atoms with Crippen LogP contribution in [0, 0.1) is 11.6 Å². The lowest BCUT2D eigenvalue weighted by molar-refractivity contribution is -0.0122. The van der Waals surface area contributed by atoms with Gasteiger partial charge in [-0.05, 0) is 31.0 Å². The molecule has 1 atom stereocenters. The zero-order chi connectivity index (χ0) is 25.7. The number of hydrogen-bond acceptors (Lipinski definition) is 5. The van der Waals surface area contributed by atoms with Crippen LogP contribution in [0.4, 0.5) is 17.6 Å². The first-order valence-electron chi connectivity index (χ1n) is 11.4. The number of thiazole rings is 1. The molecule has 1 fully saturated rings. The summed E-state index contributed by atoms with van der Waals surface area (Å²) in [6.45, 7) is 1.11. The molecule has 5 nitrogen and oxygen atoms in total. The molecular weight excluding hydrogens is 518 g/mol. The zero-order valence-electron chi connectivity index (χ0n) is 19.1. The number of carbonyl (C=O) groups is 1. The number of piperidine rings is 1. The molecule has 1 amide bonds.